The minimum absolute atomic E-state index is 0.0297. The lowest BCUT2D eigenvalue weighted by Crippen LogP contribution is -2.14. The Labute approximate surface area is 301 Å². The van der Waals surface area contributed by atoms with E-state index in [2.05, 4.69) is 186 Å². The summed E-state index contributed by atoms with van der Waals surface area (Å²) in [6.07, 6.45) is 0. The average Bonchev–Trinajstić information content (AvgIpc) is 3.53. The van der Waals surface area contributed by atoms with Crippen LogP contribution in [0.2, 0.25) is 0 Å². The molecule has 0 N–H and O–H groups in total. The standard InChI is InChI=1S/C51H40/c1-31-18-20-32(21-19-31)48-39-14-6-7-15-40(39)49(35-24-27-46-42(29-35)37-13-9-11-17-45(37)50(46,2)3)43-28-33(23-26-41(43)48)34-22-25-38-36-12-8-10-16-44(36)51(4,5)47(38)30-34/h6-30H,1-5H3. The molecule has 0 bridgehead atoms. The van der Waals surface area contributed by atoms with E-state index in [0.717, 1.165) is 0 Å². The maximum atomic E-state index is 2.47. The predicted octanol–water partition coefficient (Wildman–Crippen LogP) is 13.9. The van der Waals surface area contributed by atoms with Gasteiger partial charge in [-0.15, -0.1) is 0 Å². The van der Waals surface area contributed by atoms with Crippen LogP contribution in [0.15, 0.2) is 152 Å². The number of hydrogen-bond donors (Lipinski definition) is 0. The van der Waals surface area contributed by atoms with E-state index in [4.69, 9.17) is 0 Å². The maximum Gasteiger partial charge on any atom is 0.0159 e. The Morgan fingerprint density at radius 2 is 0.784 bits per heavy atom. The van der Waals surface area contributed by atoms with E-state index < -0.39 is 0 Å². The molecule has 0 amide bonds. The van der Waals surface area contributed by atoms with Crippen LogP contribution in [0.3, 0.4) is 0 Å². The van der Waals surface area contributed by atoms with E-state index in [0.29, 0.717) is 0 Å². The lowest BCUT2D eigenvalue weighted by molar-refractivity contribution is 0.660. The fraction of sp³-hybridized carbons (Fsp3) is 0.137. The summed E-state index contributed by atoms with van der Waals surface area (Å²) in [5, 5.41) is 5.14. The molecule has 244 valence electrons. The average molecular weight is 653 g/mol. The van der Waals surface area contributed by atoms with Crippen molar-refractivity contribution in [3.63, 3.8) is 0 Å². The third kappa shape index (κ3) is 4.26. The quantitative estimate of drug-likeness (QED) is 0.167. The van der Waals surface area contributed by atoms with Crippen molar-refractivity contribution in [1.82, 2.24) is 0 Å². The van der Waals surface area contributed by atoms with Gasteiger partial charge in [0.2, 0.25) is 0 Å². The third-order valence-corrected chi connectivity index (χ3v) is 12.2. The molecule has 0 nitrogen and oxygen atoms in total. The van der Waals surface area contributed by atoms with Crippen LogP contribution in [-0.2, 0) is 10.8 Å². The summed E-state index contributed by atoms with van der Waals surface area (Å²) in [6, 6.07) is 57.5. The summed E-state index contributed by atoms with van der Waals surface area (Å²) >= 11 is 0. The van der Waals surface area contributed by atoms with Crippen LogP contribution in [0.25, 0.3) is 77.2 Å². The molecule has 0 saturated carbocycles. The van der Waals surface area contributed by atoms with E-state index in [9.17, 15) is 0 Å². The molecule has 0 aliphatic heterocycles. The molecule has 0 radical (unpaired) electrons. The van der Waals surface area contributed by atoms with Gasteiger partial charge in [-0.1, -0.05) is 167 Å². The fourth-order valence-corrected chi connectivity index (χ4v) is 9.46. The van der Waals surface area contributed by atoms with Crippen LogP contribution in [0, 0.1) is 6.92 Å². The maximum absolute atomic E-state index is 2.47. The fourth-order valence-electron chi connectivity index (χ4n) is 9.46. The molecular formula is C51H40. The van der Waals surface area contributed by atoms with Gasteiger partial charge in [-0.2, -0.15) is 0 Å². The number of benzene rings is 8. The molecule has 8 aromatic rings. The molecule has 0 heteroatoms. The highest BCUT2D eigenvalue weighted by molar-refractivity contribution is 6.22. The van der Waals surface area contributed by atoms with E-state index in [-0.39, 0.29) is 10.8 Å². The molecule has 0 saturated heterocycles. The summed E-state index contributed by atoms with van der Waals surface area (Å²) in [5.74, 6) is 0. The van der Waals surface area contributed by atoms with Gasteiger partial charge in [0, 0.05) is 10.8 Å². The van der Waals surface area contributed by atoms with Gasteiger partial charge in [0.25, 0.3) is 0 Å². The highest BCUT2D eigenvalue weighted by Crippen LogP contribution is 2.53. The van der Waals surface area contributed by atoms with Crippen molar-refractivity contribution in [1.29, 1.82) is 0 Å². The predicted molar refractivity (Wildman–Crippen MR) is 218 cm³/mol. The van der Waals surface area contributed by atoms with Gasteiger partial charge in [0.15, 0.2) is 0 Å². The largest absolute Gasteiger partial charge is 0.0619 e. The Balaban J connectivity index is 1.26. The smallest absolute Gasteiger partial charge is 0.0159 e. The van der Waals surface area contributed by atoms with E-state index in [1.165, 1.54) is 105 Å². The summed E-state index contributed by atoms with van der Waals surface area (Å²) in [6.45, 7) is 11.6. The van der Waals surface area contributed by atoms with Gasteiger partial charge >= 0.3 is 0 Å². The molecule has 10 rings (SSSR count). The highest BCUT2D eigenvalue weighted by Gasteiger charge is 2.36. The van der Waals surface area contributed by atoms with Crippen LogP contribution >= 0.6 is 0 Å². The first-order valence-electron chi connectivity index (χ1n) is 18.3. The van der Waals surface area contributed by atoms with E-state index in [1.807, 2.05) is 0 Å². The minimum Gasteiger partial charge on any atom is -0.0619 e. The van der Waals surface area contributed by atoms with Crippen molar-refractivity contribution in [2.24, 2.45) is 0 Å². The van der Waals surface area contributed by atoms with Crippen molar-refractivity contribution >= 4 is 21.5 Å². The zero-order chi connectivity index (χ0) is 34.6. The van der Waals surface area contributed by atoms with Crippen molar-refractivity contribution in [3.05, 3.63) is 179 Å². The Bertz CT molecular complexity index is 2740. The highest BCUT2D eigenvalue weighted by atomic mass is 14.4. The molecule has 2 aliphatic carbocycles. The zero-order valence-corrected chi connectivity index (χ0v) is 29.9. The summed E-state index contributed by atoms with van der Waals surface area (Å²) in [4.78, 5) is 0. The second-order valence-electron chi connectivity index (χ2n) is 15.8. The van der Waals surface area contributed by atoms with E-state index >= 15 is 0 Å². The zero-order valence-electron chi connectivity index (χ0n) is 29.9. The SMILES string of the molecule is Cc1ccc(-c2c3ccccc3c(-c3ccc4c(c3)-c3ccccc3C4(C)C)c3cc(-c4ccc5c(c4)C(C)(C)c4ccccc4-5)ccc23)cc1. The number of aryl methyl sites for hydroxylation is 1. The molecule has 0 aromatic heterocycles. The molecular weight excluding hydrogens is 613 g/mol. The first-order valence-corrected chi connectivity index (χ1v) is 18.3. The third-order valence-electron chi connectivity index (χ3n) is 12.2. The monoisotopic (exact) mass is 652 g/mol. The van der Waals surface area contributed by atoms with Crippen LogP contribution in [0.4, 0.5) is 0 Å². The van der Waals surface area contributed by atoms with Crippen LogP contribution in [0.1, 0.15) is 55.5 Å². The molecule has 0 atom stereocenters. The van der Waals surface area contributed by atoms with Gasteiger partial charge in [0.1, 0.15) is 0 Å². The van der Waals surface area contributed by atoms with Crippen molar-refractivity contribution in [2.45, 2.75) is 45.4 Å². The molecule has 8 aromatic carbocycles. The summed E-state index contributed by atoms with van der Waals surface area (Å²) in [7, 11) is 0. The first-order chi connectivity index (χ1) is 24.7. The van der Waals surface area contributed by atoms with Crippen molar-refractivity contribution in [3.8, 4) is 55.6 Å². The minimum atomic E-state index is -0.0484. The van der Waals surface area contributed by atoms with Crippen LogP contribution < -0.4 is 0 Å². The van der Waals surface area contributed by atoms with Gasteiger partial charge in [-0.3, -0.25) is 0 Å². The lowest BCUT2D eigenvalue weighted by atomic mass is 9.80. The van der Waals surface area contributed by atoms with Crippen molar-refractivity contribution in [2.75, 3.05) is 0 Å². The molecule has 0 heterocycles. The molecule has 0 unspecified atom stereocenters. The molecule has 51 heavy (non-hydrogen) atoms. The Morgan fingerprint density at radius 1 is 0.314 bits per heavy atom. The summed E-state index contributed by atoms with van der Waals surface area (Å²) in [5.41, 5.74) is 19.9. The van der Waals surface area contributed by atoms with Gasteiger partial charge in [-0.25, -0.2) is 0 Å². The molecule has 2 aliphatic rings. The Kier molecular flexibility index (Phi) is 6.29. The van der Waals surface area contributed by atoms with Gasteiger partial charge in [-0.05, 0) is 125 Å². The lowest BCUT2D eigenvalue weighted by Gasteiger charge is -2.23. The Hall–Kier alpha value is -5.72. The topological polar surface area (TPSA) is 0 Å². The van der Waals surface area contributed by atoms with Gasteiger partial charge < -0.3 is 0 Å². The number of rotatable bonds is 3. The second-order valence-corrected chi connectivity index (χ2v) is 15.8. The molecule has 0 spiro atoms. The van der Waals surface area contributed by atoms with Crippen LogP contribution in [0.5, 0.6) is 0 Å². The first kappa shape index (κ1) is 30.1. The normalized spacial score (nSPS) is 14.7. The Morgan fingerprint density at radius 3 is 1.49 bits per heavy atom. The number of hydrogen-bond acceptors (Lipinski definition) is 0. The summed E-state index contributed by atoms with van der Waals surface area (Å²) < 4.78 is 0. The van der Waals surface area contributed by atoms with E-state index in [1.54, 1.807) is 0 Å². The van der Waals surface area contributed by atoms with Gasteiger partial charge in [0.05, 0.1) is 0 Å². The van der Waals surface area contributed by atoms with Crippen molar-refractivity contribution < 1.29 is 0 Å². The number of fused-ring (bicyclic) bond motifs is 8. The molecule has 0 fully saturated rings. The second kappa shape index (κ2) is 10.6. The van der Waals surface area contributed by atoms with Crippen LogP contribution in [-0.4, -0.2) is 0 Å².